The normalized spacial score (nSPS) is 15.4. The van der Waals surface area contributed by atoms with Gasteiger partial charge in [-0.05, 0) is 36.5 Å². The fraction of sp³-hybridized carbons (Fsp3) is 0.417. The first-order valence-corrected chi connectivity index (χ1v) is 5.17. The van der Waals surface area contributed by atoms with Crippen LogP contribution in [0.2, 0.25) is 0 Å². The van der Waals surface area contributed by atoms with Gasteiger partial charge < -0.3 is 0 Å². The third-order valence-electron chi connectivity index (χ3n) is 2.88. The van der Waals surface area contributed by atoms with Crippen LogP contribution in [0.1, 0.15) is 41.3 Å². The minimum absolute atomic E-state index is 0.258. The van der Waals surface area contributed by atoms with E-state index in [1.807, 2.05) is 12.1 Å². The molecule has 0 amide bonds. The molecular formula is C12H13BO. The van der Waals surface area contributed by atoms with Crippen molar-refractivity contribution in [2.75, 3.05) is 0 Å². The Balaban J connectivity index is 2.57. The molecule has 0 atom stereocenters. The highest BCUT2D eigenvalue weighted by Crippen LogP contribution is 2.20. The number of hydrogen-bond acceptors (Lipinski definition) is 1. The summed E-state index contributed by atoms with van der Waals surface area (Å²) in [6.07, 6.45) is 3.52. The highest BCUT2D eigenvalue weighted by Gasteiger charge is 2.18. The number of carbonyl (C=O) groups excluding carboxylic acids is 1. The van der Waals surface area contributed by atoms with Gasteiger partial charge in [-0.1, -0.05) is 18.5 Å². The molecule has 2 rings (SSSR count). The van der Waals surface area contributed by atoms with E-state index >= 15 is 0 Å². The molecule has 0 bridgehead atoms. The lowest BCUT2D eigenvalue weighted by atomic mass is 9.79. The van der Waals surface area contributed by atoms with Crippen LogP contribution in [0, 0.1) is 0 Å². The molecule has 0 saturated heterocycles. The van der Waals surface area contributed by atoms with E-state index in [2.05, 4.69) is 6.92 Å². The van der Waals surface area contributed by atoms with Gasteiger partial charge in [0.25, 0.3) is 0 Å². The van der Waals surface area contributed by atoms with E-state index in [4.69, 9.17) is 7.85 Å². The lowest BCUT2D eigenvalue weighted by Crippen LogP contribution is -2.21. The van der Waals surface area contributed by atoms with Crippen LogP contribution in [0.5, 0.6) is 0 Å². The molecule has 0 heterocycles. The Hall–Kier alpha value is -1.05. The summed E-state index contributed by atoms with van der Waals surface area (Å²) in [5.74, 6) is 0.258. The molecule has 0 saturated carbocycles. The number of Topliss-reactive ketones (excluding diaryl/α,β-unsaturated/α-hetero) is 1. The molecule has 1 aliphatic carbocycles. The van der Waals surface area contributed by atoms with E-state index in [1.165, 1.54) is 0 Å². The van der Waals surface area contributed by atoms with E-state index < -0.39 is 0 Å². The lowest BCUT2D eigenvalue weighted by Gasteiger charge is -2.18. The van der Waals surface area contributed by atoms with Gasteiger partial charge in [-0.15, -0.1) is 0 Å². The minimum Gasteiger partial charge on any atom is -0.294 e. The van der Waals surface area contributed by atoms with Crippen LogP contribution >= 0.6 is 0 Å². The van der Waals surface area contributed by atoms with Gasteiger partial charge in [0.15, 0.2) is 5.78 Å². The zero-order valence-corrected chi connectivity index (χ0v) is 8.47. The number of benzene rings is 1. The zero-order chi connectivity index (χ0) is 10.1. The molecule has 2 heteroatoms. The largest absolute Gasteiger partial charge is 0.294 e. The Morgan fingerprint density at radius 1 is 1.36 bits per heavy atom. The average Bonchev–Trinajstić information content (AvgIpc) is 2.19. The molecule has 0 aromatic heterocycles. The van der Waals surface area contributed by atoms with Gasteiger partial charge in [0.2, 0.25) is 0 Å². The smallest absolute Gasteiger partial charge is 0.163 e. The van der Waals surface area contributed by atoms with E-state index in [9.17, 15) is 4.79 Å². The summed E-state index contributed by atoms with van der Waals surface area (Å²) in [6.45, 7) is 2.08. The van der Waals surface area contributed by atoms with Crippen molar-refractivity contribution in [2.45, 2.75) is 32.6 Å². The maximum absolute atomic E-state index is 11.7. The lowest BCUT2D eigenvalue weighted by molar-refractivity contribution is 0.0972. The number of rotatable bonds is 1. The molecule has 0 unspecified atom stereocenters. The molecule has 70 valence electrons. The fourth-order valence-electron chi connectivity index (χ4n) is 2.05. The summed E-state index contributed by atoms with van der Waals surface area (Å²) in [7, 11) is 5.93. The second-order valence-electron chi connectivity index (χ2n) is 3.84. The molecular weight excluding hydrogens is 171 g/mol. The second-order valence-corrected chi connectivity index (χ2v) is 3.84. The molecule has 1 nitrogen and oxygen atoms in total. The topological polar surface area (TPSA) is 17.1 Å². The van der Waals surface area contributed by atoms with Crippen molar-refractivity contribution in [1.82, 2.24) is 0 Å². The van der Waals surface area contributed by atoms with Crippen LogP contribution in [0.15, 0.2) is 12.1 Å². The van der Waals surface area contributed by atoms with Crippen LogP contribution in [0.3, 0.4) is 0 Å². The number of fused-ring (bicyclic) bond motifs is 1. The van der Waals surface area contributed by atoms with Crippen LogP contribution in [0.4, 0.5) is 0 Å². The zero-order valence-electron chi connectivity index (χ0n) is 8.47. The van der Waals surface area contributed by atoms with E-state index in [0.29, 0.717) is 6.42 Å². The summed E-state index contributed by atoms with van der Waals surface area (Å²) in [5, 5.41) is 0. The Bertz CT molecular complexity index is 382. The van der Waals surface area contributed by atoms with Crippen molar-refractivity contribution in [2.24, 2.45) is 0 Å². The average molecular weight is 184 g/mol. The molecule has 0 aliphatic heterocycles. The summed E-state index contributed by atoms with van der Waals surface area (Å²) in [4.78, 5) is 11.7. The number of ketones is 1. The minimum atomic E-state index is 0.258. The molecule has 1 aliphatic rings. The molecule has 1 aromatic carbocycles. The molecule has 0 spiro atoms. The van der Waals surface area contributed by atoms with Gasteiger partial charge >= 0.3 is 0 Å². The monoisotopic (exact) mass is 184 g/mol. The summed E-state index contributed by atoms with van der Waals surface area (Å²) >= 11 is 0. The summed E-state index contributed by atoms with van der Waals surface area (Å²) in [5.41, 5.74) is 3.90. The Morgan fingerprint density at radius 2 is 2.14 bits per heavy atom. The first kappa shape index (κ1) is 9.51. The molecule has 1 aromatic rings. The van der Waals surface area contributed by atoms with Crippen LogP contribution in [-0.4, -0.2) is 13.6 Å². The van der Waals surface area contributed by atoms with Crippen LogP contribution in [-0.2, 0) is 12.8 Å². The summed E-state index contributed by atoms with van der Waals surface area (Å²) < 4.78 is 0. The second kappa shape index (κ2) is 3.60. The first-order valence-electron chi connectivity index (χ1n) is 5.17. The van der Waals surface area contributed by atoms with Gasteiger partial charge in [0, 0.05) is 12.0 Å². The fourth-order valence-corrected chi connectivity index (χ4v) is 2.05. The van der Waals surface area contributed by atoms with Crippen molar-refractivity contribution in [1.29, 1.82) is 0 Å². The number of aryl methyl sites for hydroxylation is 1. The van der Waals surface area contributed by atoms with Crippen molar-refractivity contribution in [3.8, 4) is 0 Å². The maximum atomic E-state index is 11.7. The third-order valence-corrected chi connectivity index (χ3v) is 2.88. The molecule has 0 N–H and O–H groups in total. The van der Waals surface area contributed by atoms with Gasteiger partial charge in [0.05, 0.1) is 0 Å². The predicted molar refractivity (Wildman–Crippen MR) is 58.5 cm³/mol. The first-order chi connectivity index (χ1) is 6.72. The third kappa shape index (κ3) is 1.49. The van der Waals surface area contributed by atoms with Gasteiger partial charge in [0.1, 0.15) is 7.85 Å². The van der Waals surface area contributed by atoms with E-state index in [1.54, 1.807) is 0 Å². The Kier molecular flexibility index (Phi) is 2.45. The standard InChI is InChI=1S/C12H13BO/c1-2-8-6-10-9(11(13)7-8)4-3-5-12(10)14/h6-7H,2-5H2,1H3. The molecule has 0 fully saturated rings. The Labute approximate surface area is 85.9 Å². The summed E-state index contributed by atoms with van der Waals surface area (Å²) in [6, 6.07) is 4.00. The van der Waals surface area contributed by atoms with Crippen LogP contribution < -0.4 is 5.46 Å². The highest BCUT2D eigenvalue weighted by atomic mass is 16.1. The molecule has 14 heavy (non-hydrogen) atoms. The number of carbonyl (C=O) groups is 1. The Morgan fingerprint density at radius 3 is 2.86 bits per heavy atom. The van der Waals surface area contributed by atoms with Gasteiger partial charge in [-0.2, -0.15) is 0 Å². The van der Waals surface area contributed by atoms with Crippen molar-refractivity contribution < 1.29 is 4.79 Å². The quantitative estimate of drug-likeness (QED) is 0.605. The van der Waals surface area contributed by atoms with Crippen molar-refractivity contribution >= 4 is 19.1 Å². The van der Waals surface area contributed by atoms with Gasteiger partial charge in [-0.3, -0.25) is 4.79 Å². The maximum Gasteiger partial charge on any atom is 0.163 e. The van der Waals surface area contributed by atoms with E-state index in [0.717, 1.165) is 41.4 Å². The van der Waals surface area contributed by atoms with E-state index in [-0.39, 0.29) is 5.78 Å². The number of hydrogen-bond donors (Lipinski definition) is 0. The SMILES string of the molecule is [B]c1cc(CC)cc2c1CCCC2=O. The van der Waals surface area contributed by atoms with Crippen molar-refractivity contribution in [3.63, 3.8) is 0 Å². The van der Waals surface area contributed by atoms with Gasteiger partial charge in [-0.25, -0.2) is 0 Å². The predicted octanol–water partition coefficient (Wildman–Crippen LogP) is 1.56. The van der Waals surface area contributed by atoms with Crippen LogP contribution in [0.25, 0.3) is 0 Å². The van der Waals surface area contributed by atoms with Crippen molar-refractivity contribution in [3.05, 3.63) is 28.8 Å². The molecule has 2 radical (unpaired) electrons. The highest BCUT2D eigenvalue weighted by molar-refractivity contribution is 6.34.